The van der Waals surface area contributed by atoms with Gasteiger partial charge in [-0.3, -0.25) is 4.79 Å². The minimum Gasteiger partial charge on any atom is -0.478 e. The van der Waals surface area contributed by atoms with Gasteiger partial charge in [-0.25, -0.2) is 4.79 Å². The highest BCUT2D eigenvalue weighted by molar-refractivity contribution is 5.97. The van der Waals surface area contributed by atoms with Crippen molar-refractivity contribution in [2.75, 3.05) is 27.3 Å². The number of ether oxygens (including phenoxy) is 1. The van der Waals surface area contributed by atoms with E-state index in [0.717, 1.165) is 12.0 Å². The number of carboxylic acid groups (broad SMARTS) is 1. The number of carboxylic acids is 1. The first kappa shape index (κ1) is 15.2. The van der Waals surface area contributed by atoms with Gasteiger partial charge in [-0.05, 0) is 37.1 Å². The summed E-state index contributed by atoms with van der Waals surface area (Å²) in [5, 5.41) is 8.99. The number of aryl methyl sites for hydroxylation is 1. The Morgan fingerprint density at radius 2 is 1.89 bits per heavy atom. The second-order valence-electron chi connectivity index (χ2n) is 4.47. The monoisotopic (exact) mass is 265 g/mol. The first-order valence-corrected chi connectivity index (χ1v) is 6.05. The molecule has 0 atom stereocenters. The molecule has 0 aliphatic carbocycles. The number of methoxy groups -OCH3 is 1. The predicted octanol–water partition coefficient (Wildman–Crippen LogP) is 1.80. The Morgan fingerprint density at radius 1 is 1.26 bits per heavy atom. The van der Waals surface area contributed by atoms with E-state index in [2.05, 4.69) is 0 Å². The summed E-state index contributed by atoms with van der Waals surface area (Å²) in [6.45, 7) is 2.93. The molecular weight excluding hydrogens is 246 g/mol. The second kappa shape index (κ2) is 6.89. The number of rotatable bonds is 6. The molecule has 0 unspecified atom stereocenters. The Bertz CT molecular complexity index is 471. The summed E-state index contributed by atoms with van der Waals surface area (Å²) < 4.78 is 4.93. The summed E-state index contributed by atoms with van der Waals surface area (Å²) in [4.78, 5) is 24.7. The number of carbonyl (C=O) groups excluding carboxylic acids is 1. The molecule has 1 N–H and O–H groups in total. The topological polar surface area (TPSA) is 66.8 Å². The zero-order valence-electron chi connectivity index (χ0n) is 11.5. The van der Waals surface area contributed by atoms with Gasteiger partial charge in [0, 0.05) is 32.9 Å². The van der Waals surface area contributed by atoms with Crippen molar-refractivity contribution in [2.45, 2.75) is 13.3 Å². The molecule has 1 aromatic rings. The van der Waals surface area contributed by atoms with Crippen molar-refractivity contribution in [2.24, 2.45) is 0 Å². The molecule has 1 aromatic carbocycles. The Balaban J connectivity index is 2.84. The summed E-state index contributed by atoms with van der Waals surface area (Å²) in [5.41, 5.74) is 1.29. The van der Waals surface area contributed by atoms with Gasteiger partial charge in [-0.1, -0.05) is 0 Å². The molecule has 0 saturated heterocycles. The molecule has 5 nitrogen and oxygen atoms in total. The van der Waals surface area contributed by atoms with Crippen LogP contribution in [0, 0.1) is 6.92 Å². The van der Waals surface area contributed by atoms with E-state index in [1.807, 2.05) is 0 Å². The highest BCUT2D eigenvalue weighted by Gasteiger charge is 2.14. The van der Waals surface area contributed by atoms with E-state index in [9.17, 15) is 9.59 Å². The van der Waals surface area contributed by atoms with Gasteiger partial charge >= 0.3 is 5.97 Å². The lowest BCUT2D eigenvalue weighted by atomic mass is 10.1. The van der Waals surface area contributed by atoms with E-state index in [1.54, 1.807) is 38.1 Å². The number of carbonyl (C=O) groups is 2. The summed E-state index contributed by atoms with van der Waals surface area (Å²) in [6, 6.07) is 4.65. The van der Waals surface area contributed by atoms with Gasteiger partial charge in [0.25, 0.3) is 5.91 Å². The Labute approximate surface area is 112 Å². The molecule has 0 aromatic heterocycles. The maximum absolute atomic E-state index is 12.2. The van der Waals surface area contributed by atoms with E-state index in [1.165, 1.54) is 6.07 Å². The highest BCUT2D eigenvalue weighted by atomic mass is 16.5. The predicted molar refractivity (Wildman–Crippen MR) is 71.6 cm³/mol. The fourth-order valence-corrected chi connectivity index (χ4v) is 1.80. The fourth-order valence-electron chi connectivity index (χ4n) is 1.80. The third kappa shape index (κ3) is 4.37. The second-order valence-corrected chi connectivity index (χ2v) is 4.47. The molecule has 0 spiro atoms. The van der Waals surface area contributed by atoms with Crippen LogP contribution < -0.4 is 0 Å². The van der Waals surface area contributed by atoms with E-state index in [4.69, 9.17) is 9.84 Å². The number of amides is 1. The lowest BCUT2D eigenvalue weighted by Gasteiger charge is -2.17. The van der Waals surface area contributed by atoms with E-state index < -0.39 is 5.97 Å². The van der Waals surface area contributed by atoms with Crippen molar-refractivity contribution >= 4 is 11.9 Å². The molecule has 5 heteroatoms. The van der Waals surface area contributed by atoms with Crippen molar-refractivity contribution in [3.05, 3.63) is 34.9 Å². The zero-order chi connectivity index (χ0) is 14.4. The minimum atomic E-state index is -1.03. The first-order chi connectivity index (χ1) is 8.95. The molecule has 0 saturated carbocycles. The molecule has 104 valence electrons. The van der Waals surface area contributed by atoms with Crippen LogP contribution in [0.15, 0.2) is 18.2 Å². The van der Waals surface area contributed by atoms with Gasteiger partial charge in [-0.2, -0.15) is 0 Å². The van der Waals surface area contributed by atoms with Crippen LogP contribution in [0.5, 0.6) is 0 Å². The van der Waals surface area contributed by atoms with Crippen LogP contribution >= 0.6 is 0 Å². The third-order valence-electron chi connectivity index (χ3n) is 2.76. The Hall–Kier alpha value is -1.88. The van der Waals surface area contributed by atoms with Gasteiger partial charge in [0.15, 0.2) is 0 Å². The smallest absolute Gasteiger partial charge is 0.335 e. The van der Waals surface area contributed by atoms with Gasteiger partial charge in [0.05, 0.1) is 5.56 Å². The summed E-state index contributed by atoms with van der Waals surface area (Å²) in [7, 11) is 3.31. The maximum Gasteiger partial charge on any atom is 0.335 e. The van der Waals surface area contributed by atoms with Crippen molar-refractivity contribution < 1.29 is 19.4 Å². The summed E-state index contributed by atoms with van der Waals surface area (Å²) in [6.07, 6.45) is 0.746. The van der Waals surface area contributed by atoms with Crippen LogP contribution in [0.3, 0.4) is 0 Å². The first-order valence-electron chi connectivity index (χ1n) is 6.05. The van der Waals surface area contributed by atoms with E-state index in [-0.39, 0.29) is 11.5 Å². The molecule has 0 aliphatic rings. The summed E-state index contributed by atoms with van der Waals surface area (Å²) in [5.74, 6) is -1.21. The number of aromatic carboxylic acids is 1. The van der Waals surface area contributed by atoms with Crippen LogP contribution in [0.4, 0.5) is 0 Å². The zero-order valence-corrected chi connectivity index (χ0v) is 11.5. The normalized spacial score (nSPS) is 10.3. The average molecular weight is 265 g/mol. The van der Waals surface area contributed by atoms with Crippen LogP contribution in [-0.4, -0.2) is 49.2 Å². The minimum absolute atomic E-state index is 0.133. The van der Waals surface area contributed by atoms with Gasteiger partial charge < -0.3 is 14.7 Å². The molecule has 0 heterocycles. The third-order valence-corrected chi connectivity index (χ3v) is 2.76. The van der Waals surface area contributed by atoms with Gasteiger partial charge in [-0.15, -0.1) is 0 Å². The van der Waals surface area contributed by atoms with Crippen molar-refractivity contribution in [1.29, 1.82) is 0 Å². The van der Waals surface area contributed by atoms with Crippen molar-refractivity contribution in [1.82, 2.24) is 4.90 Å². The molecule has 0 bridgehead atoms. The molecule has 1 rings (SSSR count). The Kier molecular flexibility index (Phi) is 5.51. The van der Waals surface area contributed by atoms with Crippen LogP contribution in [0.1, 0.15) is 32.7 Å². The maximum atomic E-state index is 12.2. The average Bonchev–Trinajstić information content (AvgIpc) is 2.37. The molecule has 1 amide bonds. The number of nitrogens with zero attached hydrogens (tertiary/aromatic N) is 1. The molecule has 0 radical (unpaired) electrons. The number of hydrogen-bond acceptors (Lipinski definition) is 3. The Morgan fingerprint density at radius 3 is 2.47 bits per heavy atom. The fraction of sp³-hybridized carbons (Fsp3) is 0.429. The molecular formula is C14H19NO4. The lowest BCUT2D eigenvalue weighted by molar-refractivity contribution is 0.0696. The quantitative estimate of drug-likeness (QED) is 0.796. The molecule has 0 fully saturated rings. The number of benzene rings is 1. The standard InChI is InChI=1S/C14H19NO4/c1-10-7-11(9-12(8-10)14(17)18)13(16)15(2)5-4-6-19-3/h7-9H,4-6H2,1-3H3,(H,17,18). The lowest BCUT2D eigenvalue weighted by Crippen LogP contribution is -2.28. The van der Waals surface area contributed by atoms with E-state index in [0.29, 0.717) is 18.7 Å². The largest absolute Gasteiger partial charge is 0.478 e. The van der Waals surface area contributed by atoms with E-state index >= 15 is 0 Å². The van der Waals surface area contributed by atoms with Gasteiger partial charge in [0.2, 0.25) is 0 Å². The van der Waals surface area contributed by atoms with Crippen molar-refractivity contribution in [3.63, 3.8) is 0 Å². The van der Waals surface area contributed by atoms with Crippen molar-refractivity contribution in [3.8, 4) is 0 Å². The highest BCUT2D eigenvalue weighted by Crippen LogP contribution is 2.12. The van der Waals surface area contributed by atoms with Gasteiger partial charge in [0.1, 0.15) is 0 Å². The summed E-state index contributed by atoms with van der Waals surface area (Å²) >= 11 is 0. The molecule has 19 heavy (non-hydrogen) atoms. The number of hydrogen-bond donors (Lipinski definition) is 1. The van der Waals surface area contributed by atoms with Crippen LogP contribution in [0.25, 0.3) is 0 Å². The van der Waals surface area contributed by atoms with Crippen LogP contribution in [0.2, 0.25) is 0 Å². The molecule has 0 aliphatic heterocycles. The SMILES string of the molecule is COCCCN(C)C(=O)c1cc(C)cc(C(=O)O)c1. The van der Waals surface area contributed by atoms with Crippen LogP contribution in [-0.2, 0) is 4.74 Å².